The third kappa shape index (κ3) is 3.17. The molecule has 0 saturated heterocycles. The number of anilines is 1. The highest BCUT2D eigenvalue weighted by atomic mass is 16.5. The second-order valence-electron chi connectivity index (χ2n) is 4.51. The van der Waals surface area contributed by atoms with Crippen molar-refractivity contribution in [2.24, 2.45) is 0 Å². The van der Waals surface area contributed by atoms with E-state index in [2.05, 4.69) is 10.3 Å². The summed E-state index contributed by atoms with van der Waals surface area (Å²) in [6.45, 7) is 0.0824. The maximum absolute atomic E-state index is 11.8. The van der Waals surface area contributed by atoms with E-state index in [0.717, 1.165) is 10.9 Å². The molecule has 4 nitrogen and oxygen atoms in total. The van der Waals surface area contributed by atoms with E-state index in [1.807, 2.05) is 42.5 Å². The number of para-hydroxylation sites is 1. The van der Waals surface area contributed by atoms with Crippen LogP contribution in [-0.2, 0) is 4.74 Å². The smallest absolute Gasteiger partial charge is 0.339 e. The lowest BCUT2D eigenvalue weighted by Crippen LogP contribution is -2.13. The molecule has 0 aliphatic carbocycles. The zero-order chi connectivity index (χ0) is 14.5. The van der Waals surface area contributed by atoms with Gasteiger partial charge in [0, 0.05) is 5.39 Å². The molecule has 21 heavy (non-hydrogen) atoms. The van der Waals surface area contributed by atoms with E-state index < -0.39 is 0 Å². The second kappa shape index (κ2) is 6.05. The van der Waals surface area contributed by atoms with Gasteiger partial charge < -0.3 is 10.1 Å². The van der Waals surface area contributed by atoms with Crippen LogP contribution in [0.25, 0.3) is 10.9 Å². The van der Waals surface area contributed by atoms with Gasteiger partial charge in [-0.15, -0.1) is 0 Å². The van der Waals surface area contributed by atoms with Crippen LogP contribution >= 0.6 is 0 Å². The number of aromatic nitrogens is 1. The number of rotatable bonds is 4. The highest BCUT2D eigenvalue weighted by Gasteiger charge is 2.05. The number of carbonyl (C=O) groups is 1. The predicted molar refractivity (Wildman–Crippen MR) is 82.1 cm³/mol. The van der Waals surface area contributed by atoms with Crippen molar-refractivity contribution in [1.82, 2.24) is 4.98 Å². The Morgan fingerprint density at radius 1 is 0.952 bits per heavy atom. The summed E-state index contributed by atoms with van der Waals surface area (Å²) < 4.78 is 5.15. The van der Waals surface area contributed by atoms with Gasteiger partial charge in [0.2, 0.25) is 0 Å². The van der Waals surface area contributed by atoms with Crippen molar-refractivity contribution in [3.05, 3.63) is 72.3 Å². The summed E-state index contributed by atoms with van der Waals surface area (Å²) in [5, 5.41) is 4.06. The van der Waals surface area contributed by atoms with Crippen molar-refractivity contribution in [2.45, 2.75) is 0 Å². The number of hydrogen-bond acceptors (Lipinski definition) is 4. The van der Waals surface area contributed by atoms with E-state index in [1.165, 1.54) is 0 Å². The average molecular weight is 278 g/mol. The minimum atomic E-state index is -0.358. The van der Waals surface area contributed by atoms with Crippen LogP contribution in [0.3, 0.4) is 0 Å². The fraction of sp³-hybridized carbons (Fsp3) is 0.0588. The second-order valence-corrected chi connectivity index (χ2v) is 4.51. The standard InChI is InChI=1S/C17H14N2O2/c20-17(14-7-2-1-3-8-14)21-12-18-16-11-10-13-6-4-5-9-15(13)19-16/h1-11H,12H2,(H,18,19). The van der Waals surface area contributed by atoms with Gasteiger partial charge in [0.1, 0.15) is 5.82 Å². The number of hydrogen-bond donors (Lipinski definition) is 1. The first kappa shape index (κ1) is 13.1. The first-order chi connectivity index (χ1) is 10.3. The van der Waals surface area contributed by atoms with E-state index in [-0.39, 0.29) is 12.7 Å². The summed E-state index contributed by atoms with van der Waals surface area (Å²) in [7, 11) is 0. The van der Waals surface area contributed by atoms with Crippen molar-refractivity contribution in [2.75, 3.05) is 12.0 Å². The SMILES string of the molecule is O=C(OCNc1ccc2ccccc2n1)c1ccccc1. The summed E-state index contributed by atoms with van der Waals surface area (Å²) >= 11 is 0. The summed E-state index contributed by atoms with van der Waals surface area (Å²) in [6, 6.07) is 20.6. The molecule has 0 fully saturated rings. The van der Waals surface area contributed by atoms with Gasteiger partial charge in [-0.2, -0.15) is 0 Å². The number of pyridine rings is 1. The molecule has 0 amide bonds. The fourth-order valence-corrected chi connectivity index (χ4v) is 2.00. The van der Waals surface area contributed by atoms with Crippen LogP contribution in [0.4, 0.5) is 5.82 Å². The lowest BCUT2D eigenvalue weighted by molar-refractivity contribution is 0.0533. The highest BCUT2D eigenvalue weighted by molar-refractivity contribution is 5.89. The molecule has 0 aliphatic heterocycles. The van der Waals surface area contributed by atoms with Crippen molar-refractivity contribution in [3.63, 3.8) is 0 Å². The van der Waals surface area contributed by atoms with E-state index >= 15 is 0 Å². The fourth-order valence-electron chi connectivity index (χ4n) is 2.00. The Labute approximate surface area is 122 Å². The Morgan fingerprint density at radius 2 is 1.71 bits per heavy atom. The molecule has 0 saturated carbocycles. The van der Waals surface area contributed by atoms with Crippen LogP contribution in [0.2, 0.25) is 0 Å². The Hall–Kier alpha value is -2.88. The molecule has 0 spiro atoms. The summed E-state index contributed by atoms with van der Waals surface area (Å²) in [5.41, 5.74) is 1.43. The summed E-state index contributed by atoms with van der Waals surface area (Å²) in [6.07, 6.45) is 0. The normalized spacial score (nSPS) is 10.3. The zero-order valence-corrected chi connectivity index (χ0v) is 11.3. The lowest BCUT2D eigenvalue weighted by Gasteiger charge is -2.08. The van der Waals surface area contributed by atoms with Gasteiger partial charge in [-0.1, -0.05) is 36.4 Å². The molecule has 0 atom stereocenters. The largest absolute Gasteiger partial charge is 0.441 e. The Balaban J connectivity index is 1.60. The maximum Gasteiger partial charge on any atom is 0.339 e. The molecule has 3 rings (SSSR count). The van der Waals surface area contributed by atoms with E-state index in [4.69, 9.17) is 4.74 Å². The first-order valence-electron chi connectivity index (χ1n) is 6.65. The summed E-state index contributed by atoms with van der Waals surface area (Å²) in [4.78, 5) is 16.2. The summed E-state index contributed by atoms with van der Waals surface area (Å²) in [5.74, 6) is 0.318. The number of ether oxygens (including phenoxy) is 1. The van der Waals surface area contributed by atoms with E-state index in [9.17, 15) is 4.79 Å². The Kier molecular flexibility index (Phi) is 3.78. The van der Waals surface area contributed by atoms with Gasteiger partial charge in [0.15, 0.2) is 6.73 Å². The molecule has 3 aromatic rings. The number of benzene rings is 2. The van der Waals surface area contributed by atoms with Crippen molar-refractivity contribution >= 4 is 22.7 Å². The van der Waals surface area contributed by atoms with Gasteiger partial charge in [0.05, 0.1) is 11.1 Å². The number of fused-ring (bicyclic) bond motifs is 1. The van der Waals surface area contributed by atoms with Crippen LogP contribution in [0.15, 0.2) is 66.7 Å². The van der Waals surface area contributed by atoms with Gasteiger partial charge >= 0.3 is 5.97 Å². The zero-order valence-electron chi connectivity index (χ0n) is 11.3. The number of nitrogens with one attached hydrogen (secondary N) is 1. The van der Waals surface area contributed by atoms with Crippen molar-refractivity contribution in [3.8, 4) is 0 Å². The number of esters is 1. The van der Waals surface area contributed by atoms with Gasteiger partial charge in [-0.25, -0.2) is 9.78 Å². The molecule has 0 unspecified atom stereocenters. The van der Waals surface area contributed by atoms with E-state index in [1.54, 1.807) is 24.3 Å². The van der Waals surface area contributed by atoms with Crippen LogP contribution in [-0.4, -0.2) is 17.7 Å². The molecule has 0 bridgehead atoms. The molecule has 4 heteroatoms. The predicted octanol–water partition coefficient (Wildman–Crippen LogP) is 3.46. The van der Waals surface area contributed by atoms with Gasteiger partial charge in [-0.05, 0) is 30.3 Å². The minimum absolute atomic E-state index is 0.0824. The molecule has 2 aromatic carbocycles. The van der Waals surface area contributed by atoms with Gasteiger partial charge in [-0.3, -0.25) is 0 Å². The quantitative estimate of drug-likeness (QED) is 0.586. The molecule has 1 aromatic heterocycles. The molecular weight excluding hydrogens is 264 g/mol. The lowest BCUT2D eigenvalue weighted by atomic mass is 10.2. The van der Waals surface area contributed by atoms with E-state index in [0.29, 0.717) is 11.4 Å². The Morgan fingerprint density at radius 3 is 2.57 bits per heavy atom. The molecule has 0 radical (unpaired) electrons. The molecular formula is C17H14N2O2. The third-order valence-electron chi connectivity index (χ3n) is 3.06. The number of carbonyl (C=O) groups excluding carboxylic acids is 1. The minimum Gasteiger partial charge on any atom is -0.441 e. The average Bonchev–Trinajstić information content (AvgIpc) is 2.55. The van der Waals surface area contributed by atoms with Gasteiger partial charge in [0.25, 0.3) is 0 Å². The third-order valence-corrected chi connectivity index (χ3v) is 3.06. The van der Waals surface area contributed by atoms with Crippen LogP contribution < -0.4 is 5.32 Å². The van der Waals surface area contributed by atoms with Crippen LogP contribution in [0.1, 0.15) is 10.4 Å². The topological polar surface area (TPSA) is 51.2 Å². The first-order valence-corrected chi connectivity index (χ1v) is 6.65. The molecule has 1 heterocycles. The maximum atomic E-state index is 11.8. The molecule has 1 N–H and O–H groups in total. The Bertz CT molecular complexity index is 757. The van der Waals surface area contributed by atoms with Crippen molar-refractivity contribution < 1.29 is 9.53 Å². The van der Waals surface area contributed by atoms with Crippen molar-refractivity contribution in [1.29, 1.82) is 0 Å². The molecule has 0 aliphatic rings. The van der Waals surface area contributed by atoms with Crippen LogP contribution in [0.5, 0.6) is 0 Å². The monoisotopic (exact) mass is 278 g/mol. The number of nitrogens with zero attached hydrogens (tertiary/aromatic N) is 1. The van der Waals surface area contributed by atoms with Crippen LogP contribution in [0, 0.1) is 0 Å². The highest BCUT2D eigenvalue weighted by Crippen LogP contribution is 2.14. The molecule has 104 valence electrons.